The normalized spacial score (nSPS) is 32.4. The van der Waals surface area contributed by atoms with Crippen LogP contribution < -0.4 is 5.32 Å². The predicted octanol–water partition coefficient (Wildman–Crippen LogP) is 0.751. The molecule has 0 bridgehead atoms. The molecular formula is C10H17ClN2O2S2. The largest absolute Gasteiger partial charge is 0.357 e. The molecule has 2 atom stereocenters. The van der Waals surface area contributed by atoms with E-state index in [0.717, 1.165) is 25.9 Å². The summed E-state index contributed by atoms with van der Waals surface area (Å²) in [7, 11) is -2.99. The van der Waals surface area contributed by atoms with Gasteiger partial charge in [0, 0.05) is 13.1 Å². The number of thiocarbonyl (C=S) groups is 1. The first-order valence-corrected chi connectivity index (χ1v) is 8.54. The van der Waals surface area contributed by atoms with E-state index in [9.17, 15) is 8.42 Å². The second-order valence-electron chi connectivity index (χ2n) is 4.70. The maximum Gasteiger partial charge on any atom is 0.169 e. The molecule has 0 radical (unpaired) electrons. The number of alkyl halides is 1. The summed E-state index contributed by atoms with van der Waals surface area (Å²) in [6, 6.07) is -0.240. The first-order valence-electron chi connectivity index (χ1n) is 5.88. The summed E-state index contributed by atoms with van der Waals surface area (Å²) in [5.74, 6) is 0.143. The first-order chi connectivity index (χ1) is 7.98. The molecule has 2 aliphatic heterocycles. The Labute approximate surface area is 113 Å². The molecule has 98 valence electrons. The Morgan fingerprint density at radius 3 is 2.41 bits per heavy atom. The highest BCUT2D eigenvalue weighted by Crippen LogP contribution is 2.18. The van der Waals surface area contributed by atoms with Crippen molar-refractivity contribution < 1.29 is 8.42 Å². The number of nitrogens with zero attached hydrogens (tertiary/aromatic N) is 1. The third-order valence-corrected chi connectivity index (χ3v) is 5.99. The molecule has 2 fully saturated rings. The van der Waals surface area contributed by atoms with E-state index in [4.69, 9.17) is 23.8 Å². The Bertz CT molecular complexity index is 393. The average Bonchev–Trinajstić information content (AvgIpc) is 2.53. The van der Waals surface area contributed by atoms with Crippen molar-refractivity contribution in [3.8, 4) is 0 Å². The Hall–Kier alpha value is -0.0700. The number of rotatable bonds is 1. The molecule has 0 saturated carbocycles. The summed E-state index contributed by atoms with van der Waals surface area (Å²) in [4.78, 5) is 2.10. The van der Waals surface area contributed by atoms with Crippen LogP contribution in [0.25, 0.3) is 0 Å². The molecule has 7 heteroatoms. The van der Waals surface area contributed by atoms with E-state index in [-0.39, 0.29) is 22.9 Å². The number of piperidine rings is 1. The lowest BCUT2D eigenvalue weighted by Crippen LogP contribution is -2.49. The fraction of sp³-hybridized carbons (Fsp3) is 0.900. The van der Waals surface area contributed by atoms with Crippen LogP contribution in [0.3, 0.4) is 0 Å². The Morgan fingerprint density at radius 2 is 1.88 bits per heavy atom. The number of likely N-dealkylation sites (tertiary alicyclic amines) is 1. The van der Waals surface area contributed by atoms with Crippen LogP contribution in [-0.2, 0) is 9.84 Å². The summed E-state index contributed by atoms with van der Waals surface area (Å²) in [5.41, 5.74) is 0. The van der Waals surface area contributed by atoms with Crippen molar-refractivity contribution in [2.24, 2.45) is 0 Å². The van der Waals surface area contributed by atoms with Crippen LogP contribution in [0.15, 0.2) is 0 Å². The third kappa shape index (κ3) is 3.45. The van der Waals surface area contributed by atoms with Gasteiger partial charge in [0.15, 0.2) is 14.9 Å². The molecule has 17 heavy (non-hydrogen) atoms. The molecule has 2 unspecified atom stereocenters. The number of sulfone groups is 1. The molecule has 0 spiro atoms. The van der Waals surface area contributed by atoms with Crippen molar-refractivity contribution in [1.82, 2.24) is 10.2 Å². The van der Waals surface area contributed by atoms with Crippen LogP contribution in [0.5, 0.6) is 0 Å². The van der Waals surface area contributed by atoms with Gasteiger partial charge in [0.1, 0.15) is 0 Å². The number of hydrogen-bond acceptors (Lipinski definition) is 3. The van der Waals surface area contributed by atoms with E-state index in [1.54, 1.807) is 0 Å². The van der Waals surface area contributed by atoms with Gasteiger partial charge in [-0.2, -0.15) is 0 Å². The first kappa shape index (κ1) is 13.4. The lowest BCUT2D eigenvalue weighted by molar-refractivity contribution is 0.335. The Balaban J connectivity index is 1.90. The minimum Gasteiger partial charge on any atom is -0.357 e. The summed E-state index contributed by atoms with van der Waals surface area (Å²) in [6.07, 6.45) is 3.54. The summed E-state index contributed by atoms with van der Waals surface area (Å²) < 4.78 is 22.9. The Morgan fingerprint density at radius 1 is 1.24 bits per heavy atom. The van der Waals surface area contributed by atoms with E-state index in [2.05, 4.69) is 10.2 Å². The van der Waals surface area contributed by atoms with Gasteiger partial charge < -0.3 is 10.2 Å². The van der Waals surface area contributed by atoms with Crippen LogP contribution in [0.2, 0.25) is 0 Å². The SMILES string of the molecule is O=S1(=O)CC(Cl)C(NC(=S)N2CCCCC2)C1. The van der Waals surface area contributed by atoms with Gasteiger partial charge in [0.05, 0.1) is 22.9 Å². The summed E-state index contributed by atoms with van der Waals surface area (Å²) >= 11 is 11.3. The van der Waals surface area contributed by atoms with Crippen LogP contribution in [0, 0.1) is 0 Å². The van der Waals surface area contributed by atoms with E-state index >= 15 is 0 Å². The lowest BCUT2D eigenvalue weighted by atomic mass is 10.1. The molecule has 0 aromatic heterocycles. The molecule has 2 heterocycles. The van der Waals surface area contributed by atoms with Crippen molar-refractivity contribution in [2.75, 3.05) is 24.6 Å². The van der Waals surface area contributed by atoms with Crippen LogP contribution >= 0.6 is 23.8 Å². The molecule has 2 aliphatic rings. The fourth-order valence-corrected chi connectivity index (χ4v) is 5.17. The third-order valence-electron chi connectivity index (χ3n) is 3.24. The van der Waals surface area contributed by atoms with Crippen molar-refractivity contribution in [2.45, 2.75) is 30.7 Å². The minimum absolute atomic E-state index is 0.0504. The van der Waals surface area contributed by atoms with Crippen LogP contribution in [0.1, 0.15) is 19.3 Å². The maximum atomic E-state index is 11.4. The Kier molecular flexibility index (Phi) is 4.15. The van der Waals surface area contributed by atoms with Gasteiger partial charge in [-0.1, -0.05) is 0 Å². The van der Waals surface area contributed by atoms with Gasteiger partial charge in [-0.15, -0.1) is 11.6 Å². The van der Waals surface area contributed by atoms with Gasteiger partial charge in [0.25, 0.3) is 0 Å². The molecule has 1 N–H and O–H groups in total. The standard InChI is InChI=1S/C10H17ClN2O2S2/c11-8-6-17(14,15)7-9(8)12-10(16)13-4-2-1-3-5-13/h8-9H,1-7H2,(H,12,16). The molecule has 2 saturated heterocycles. The van der Waals surface area contributed by atoms with Crippen molar-refractivity contribution in [3.63, 3.8) is 0 Å². The topological polar surface area (TPSA) is 49.4 Å². The fourth-order valence-electron chi connectivity index (χ4n) is 2.28. The molecular weight excluding hydrogens is 280 g/mol. The van der Waals surface area contributed by atoms with Crippen molar-refractivity contribution in [3.05, 3.63) is 0 Å². The number of nitrogens with one attached hydrogen (secondary N) is 1. The highest BCUT2D eigenvalue weighted by molar-refractivity contribution is 7.91. The molecule has 0 amide bonds. The van der Waals surface area contributed by atoms with Crippen LogP contribution in [-0.4, -0.2) is 54.4 Å². The van der Waals surface area contributed by atoms with Crippen molar-refractivity contribution >= 4 is 38.8 Å². The molecule has 2 rings (SSSR count). The quantitative estimate of drug-likeness (QED) is 0.572. The average molecular weight is 297 g/mol. The minimum atomic E-state index is -2.99. The highest BCUT2D eigenvalue weighted by atomic mass is 35.5. The molecule has 0 aliphatic carbocycles. The smallest absolute Gasteiger partial charge is 0.169 e. The predicted molar refractivity (Wildman–Crippen MR) is 73.2 cm³/mol. The highest BCUT2D eigenvalue weighted by Gasteiger charge is 2.37. The van der Waals surface area contributed by atoms with E-state index in [0.29, 0.717) is 5.11 Å². The summed E-state index contributed by atoms with van der Waals surface area (Å²) in [5, 5.41) is 3.38. The monoisotopic (exact) mass is 296 g/mol. The second-order valence-corrected chi connectivity index (χ2v) is 7.80. The molecule has 4 nitrogen and oxygen atoms in total. The van der Waals surface area contributed by atoms with E-state index in [1.165, 1.54) is 6.42 Å². The lowest BCUT2D eigenvalue weighted by Gasteiger charge is -2.31. The second kappa shape index (κ2) is 5.28. The van der Waals surface area contributed by atoms with Gasteiger partial charge in [-0.25, -0.2) is 8.42 Å². The van der Waals surface area contributed by atoms with Gasteiger partial charge >= 0.3 is 0 Å². The number of halogens is 1. The molecule has 0 aromatic rings. The maximum absolute atomic E-state index is 11.4. The van der Waals surface area contributed by atoms with E-state index < -0.39 is 9.84 Å². The van der Waals surface area contributed by atoms with Gasteiger partial charge in [-0.3, -0.25) is 0 Å². The zero-order valence-electron chi connectivity index (χ0n) is 9.56. The van der Waals surface area contributed by atoms with Gasteiger partial charge in [0.2, 0.25) is 0 Å². The van der Waals surface area contributed by atoms with E-state index in [1.807, 2.05) is 0 Å². The van der Waals surface area contributed by atoms with Crippen molar-refractivity contribution in [1.29, 1.82) is 0 Å². The zero-order valence-corrected chi connectivity index (χ0v) is 12.0. The number of hydrogen-bond donors (Lipinski definition) is 1. The molecule has 0 aromatic carbocycles. The van der Waals surface area contributed by atoms with Crippen LogP contribution in [0.4, 0.5) is 0 Å². The summed E-state index contributed by atoms with van der Waals surface area (Å²) in [6.45, 7) is 1.91. The van der Waals surface area contributed by atoms with Gasteiger partial charge in [-0.05, 0) is 31.5 Å². The zero-order chi connectivity index (χ0) is 12.5.